The smallest absolute Gasteiger partial charge is 0.236 e. The van der Waals surface area contributed by atoms with Crippen LogP contribution in [0, 0.1) is 0 Å². The van der Waals surface area contributed by atoms with Gasteiger partial charge in [0.15, 0.2) is 11.5 Å². The SMILES string of the molecule is COc1ccc(-c2[nH]c3ccc(C4CCN(C(=O)CN(C)CCC(C)=O)CC4)cc3c2C(C)C)cc1OC. The zero-order chi connectivity index (χ0) is 27.4. The molecule has 1 fully saturated rings. The van der Waals surface area contributed by atoms with E-state index < -0.39 is 0 Å². The summed E-state index contributed by atoms with van der Waals surface area (Å²) in [5.74, 6) is 2.50. The molecule has 1 aromatic heterocycles. The maximum Gasteiger partial charge on any atom is 0.236 e. The van der Waals surface area contributed by atoms with E-state index in [1.165, 1.54) is 16.5 Å². The number of likely N-dealkylation sites (N-methyl/N-ethyl adjacent to an activating group) is 1. The van der Waals surface area contributed by atoms with Crippen LogP contribution in [0.4, 0.5) is 0 Å². The first-order chi connectivity index (χ1) is 18.2. The number of nitrogens with one attached hydrogen (secondary N) is 1. The van der Waals surface area contributed by atoms with Crippen molar-refractivity contribution in [3.05, 3.63) is 47.5 Å². The Morgan fingerprint density at radius 1 is 1.05 bits per heavy atom. The number of Topliss-reactive ketones (excluding diaryl/α,β-unsaturated/α-hetero) is 1. The summed E-state index contributed by atoms with van der Waals surface area (Å²) in [5.41, 5.74) is 5.95. The number of hydrogen-bond donors (Lipinski definition) is 1. The van der Waals surface area contributed by atoms with Crippen LogP contribution in [0.1, 0.15) is 63.0 Å². The number of ketones is 1. The van der Waals surface area contributed by atoms with Crippen LogP contribution in [0.3, 0.4) is 0 Å². The van der Waals surface area contributed by atoms with Crippen LogP contribution >= 0.6 is 0 Å². The van der Waals surface area contributed by atoms with Gasteiger partial charge in [-0.2, -0.15) is 0 Å². The lowest BCUT2D eigenvalue weighted by Gasteiger charge is -2.33. The van der Waals surface area contributed by atoms with Gasteiger partial charge in [-0.3, -0.25) is 14.5 Å². The van der Waals surface area contributed by atoms with Gasteiger partial charge in [-0.1, -0.05) is 19.9 Å². The molecule has 2 aromatic carbocycles. The number of fused-ring (bicyclic) bond motifs is 1. The normalized spacial score (nSPS) is 14.5. The number of carbonyl (C=O) groups is 2. The Bertz CT molecular complexity index is 1290. The van der Waals surface area contributed by atoms with E-state index in [2.05, 4.69) is 43.1 Å². The van der Waals surface area contributed by atoms with Crippen molar-refractivity contribution >= 4 is 22.6 Å². The number of amides is 1. The molecule has 0 saturated carbocycles. The van der Waals surface area contributed by atoms with Gasteiger partial charge in [0.1, 0.15) is 5.78 Å². The second kappa shape index (κ2) is 12.0. The van der Waals surface area contributed by atoms with Crippen molar-refractivity contribution in [2.24, 2.45) is 0 Å². The second-order valence-electron chi connectivity index (χ2n) is 10.8. The first-order valence-corrected chi connectivity index (χ1v) is 13.6. The number of nitrogens with zero attached hydrogens (tertiary/aromatic N) is 2. The minimum absolute atomic E-state index is 0.150. The minimum atomic E-state index is 0.150. The highest BCUT2D eigenvalue weighted by molar-refractivity contribution is 5.92. The maximum atomic E-state index is 12.8. The van der Waals surface area contributed by atoms with Crippen molar-refractivity contribution in [3.63, 3.8) is 0 Å². The fraction of sp³-hybridized carbons (Fsp3) is 0.484. The first-order valence-electron chi connectivity index (χ1n) is 13.6. The molecule has 7 heteroatoms. The lowest BCUT2D eigenvalue weighted by atomic mass is 9.87. The van der Waals surface area contributed by atoms with Crippen molar-refractivity contribution in [2.45, 2.75) is 51.9 Å². The molecule has 7 nitrogen and oxygen atoms in total. The van der Waals surface area contributed by atoms with E-state index in [4.69, 9.17) is 9.47 Å². The second-order valence-corrected chi connectivity index (χ2v) is 10.8. The molecule has 0 atom stereocenters. The minimum Gasteiger partial charge on any atom is -0.493 e. The largest absolute Gasteiger partial charge is 0.493 e. The number of likely N-dealkylation sites (tertiary alicyclic amines) is 1. The lowest BCUT2D eigenvalue weighted by Crippen LogP contribution is -2.43. The fourth-order valence-corrected chi connectivity index (χ4v) is 5.52. The predicted molar refractivity (Wildman–Crippen MR) is 152 cm³/mol. The van der Waals surface area contributed by atoms with Crippen molar-refractivity contribution in [1.82, 2.24) is 14.8 Å². The van der Waals surface area contributed by atoms with E-state index in [9.17, 15) is 9.59 Å². The van der Waals surface area contributed by atoms with E-state index >= 15 is 0 Å². The molecule has 204 valence electrons. The third kappa shape index (κ3) is 6.04. The average molecular weight is 520 g/mol. The van der Waals surface area contributed by atoms with Crippen LogP contribution in [-0.2, 0) is 9.59 Å². The standard InChI is InChI=1S/C31H41N3O4/c1-20(2)30-25-17-23(22-12-15-34(16-13-22)29(36)19-33(4)14-11-21(3)35)7-9-26(25)32-31(30)24-8-10-27(37-5)28(18-24)38-6/h7-10,17-18,20,22,32H,11-16,19H2,1-6H3. The van der Waals surface area contributed by atoms with Crippen LogP contribution in [0.5, 0.6) is 11.5 Å². The number of piperidine rings is 1. The highest BCUT2D eigenvalue weighted by Gasteiger charge is 2.26. The molecule has 3 aromatic rings. The fourth-order valence-electron chi connectivity index (χ4n) is 5.52. The molecular weight excluding hydrogens is 478 g/mol. The Labute approximate surface area is 226 Å². The number of H-pyrrole nitrogens is 1. The summed E-state index contributed by atoms with van der Waals surface area (Å²) < 4.78 is 11.0. The molecule has 0 bridgehead atoms. The summed E-state index contributed by atoms with van der Waals surface area (Å²) in [6, 6.07) is 12.8. The third-order valence-electron chi connectivity index (χ3n) is 7.68. The van der Waals surface area contributed by atoms with Crippen LogP contribution < -0.4 is 9.47 Å². The van der Waals surface area contributed by atoms with E-state index in [1.807, 2.05) is 29.0 Å². The highest BCUT2D eigenvalue weighted by atomic mass is 16.5. The van der Waals surface area contributed by atoms with Gasteiger partial charge in [-0.15, -0.1) is 0 Å². The van der Waals surface area contributed by atoms with Crippen LogP contribution in [0.15, 0.2) is 36.4 Å². The Morgan fingerprint density at radius 2 is 1.76 bits per heavy atom. The summed E-state index contributed by atoms with van der Waals surface area (Å²) in [5, 5.41) is 1.26. The van der Waals surface area contributed by atoms with Crippen molar-refractivity contribution in [2.75, 3.05) is 47.4 Å². The summed E-state index contributed by atoms with van der Waals surface area (Å²) >= 11 is 0. The van der Waals surface area contributed by atoms with Crippen molar-refractivity contribution < 1.29 is 19.1 Å². The molecule has 0 unspecified atom stereocenters. The van der Waals surface area contributed by atoms with Gasteiger partial charge in [-0.05, 0) is 80.1 Å². The molecular formula is C31H41N3O4. The quantitative estimate of drug-likeness (QED) is 0.378. The molecule has 4 rings (SSSR count). The van der Waals surface area contributed by atoms with Gasteiger partial charge in [0.2, 0.25) is 5.91 Å². The van der Waals surface area contributed by atoms with E-state index in [-0.39, 0.29) is 11.7 Å². The molecule has 1 aliphatic heterocycles. The van der Waals surface area contributed by atoms with Gasteiger partial charge >= 0.3 is 0 Å². The van der Waals surface area contributed by atoms with Crippen molar-refractivity contribution in [1.29, 1.82) is 0 Å². The third-order valence-corrected chi connectivity index (χ3v) is 7.68. The van der Waals surface area contributed by atoms with Gasteiger partial charge in [0.05, 0.1) is 26.5 Å². The summed E-state index contributed by atoms with van der Waals surface area (Å²) in [6.07, 6.45) is 2.40. The van der Waals surface area contributed by atoms with Crippen LogP contribution in [-0.4, -0.2) is 73.9 Å². The molecule has 38 heavy (non-hydrogen) atoms. The van der Waals surface area contributed by atoms with Crippen LogP contribution in [0.2, 0.25) is 0 Å². The Morgan fingerprint density at radius 3 is 2.39 bits per heavy atom. The predicted octanol–water partition coefficient (Wildman–Crippen LogP) is 5.59. The summed E-state index contributed by atoms with van der Waals surface area (Å²) in [7, 11) is 5.22. The Kier molecular flexibility index (Phi) is 8.77. The lowest BCUT2D eigenvalue weighted by molar-refractivity contribution is -0.133. The van der Waals surface area contributed by atoms with Gasteiger partial charge in [-0.25, -0.2) is 0 Å². The topological polar surface area (TPSA) is 74.9 Å². The van der Waals surface area contributed by atoms with E-state index in [0.717, 1.165) is 42.7 Å². The summed E-state index contributed by atoms with van der Waals surface area (Å²) in [4.78, 5) is 31.6. The molecule has 0 aliphatic carbocycles. The Hall–Kier alpha value is -3.32. The van der Waals surface area contributed by atoms with E-state index in [0.29, 0.717) is 42.8 Å². The number of methoxy groups -OCH3 is 2. The average Bonchev–Trinajstić information content (AvgIpc) is 3.30. The van der Waals surface area contributed by atoms with E-state index in [1.54, 1.807) is 21.1 Å². The number of aromatic amines is 1. The first kappa shape index (κ1) is 27.7. The molecule has 0 spiro atoms. The number of benzene rings is 2. The zero-order valence-corrected chi connectivity index (χ0v) is 23.6. The molecule has 1 aliphatic rings. The number of carbonyl (C=O) groups excluding carboxylic acids is 2. The number of ether oxygens (including phenoxy) is 2. The Balaban J connectivity index is 1.51. The maximum absolute atomic E-state index is 12.8. The molecule has 1 saturated heterocycles. The monoisotopic (exact) mass is 519 g/mol. The molecule has 2 heterocycles. The van der Waals surface area contributed by atoms with Crippen molar-refractivity contribution in [3.8, 4) is 22.8 Å². The number of aromatic nitrogens is 1. The van der Waals surface area contributed by atoms with Gasteiger partial charge < -0.3 is 19.4 Å². The molecule has 1 N–H and O–H groups in total. The molecule has 0 radical (unpaired) electrons. The zero-order valence-electron chi connectivity index (χ0n) is 23.6. The number of hydrogen-bond acceptors (Lipinski definition) is 5. The van der Waals surface area contributed by atoms with Gasteiger partial charge in [0, 0.05) is 42.5 Å². The highest BCUT2D eigenvalue weighted by Crippen LogP contribution is 2.40. The summed E-state index contributed by atoms with van der Waals surface area (Å²) in [6.45, 7) is 8.58. The number of rotatable bonds is 10. The van der Waals surface area contributed by atoms with Crippen LogP contribution in [0.25, 0.3) is 22.2 Å². The van der Waals surface area contributed by atoms with Gasteiger partial charge in [0.25, 0.3) is 0 Å². The molecule has 1 amide bonds.